The highest BCUT2D eigenvalue weighted by Crippen LogP contribution is 2.28. The van der Waals surface area contributed by atoms with Crippen LogP contribution in [0.25, 0.3) is 0 Å². The van der Waals surface area contributed by atoms with E-state index in [-0.39, 0.29) is 0 Å². The van der Waals surface area contributed by atoms with E-state index < -0.39 is 0 Å². The number of benzene rings is 1. The van der Waals surface area contributed by atoms with Gasteiger partial charge in [0.25, 0.3) is 0 Å². The minimum absolute atomic E-state index is 0.652. The molecule has 0 atom stereocenters. The molecule has 3 aromatic rings. The van der Waals surface area contributed by atoms with E-state index in [1.54, 1.807) is 0 Å². The Labute approximate surface area is 141 Å². The van der Waals surface area contributed by atoms with Crippen LogP contribution in [0.2, 0.25) is 0 Å². The van der Waals surface area contributed by atoms with E-state index in [2.05, 4.69) is 33.4 Å². The normalized spacial score (nSPS) is 13.2. The largest absolute Gasteiger partial charge is 0.359 e. The topological polar surface area (TPSA) is 55.3 Å². The summed E-state index contributed by atoms with van der Waals surface area (Å²) in [6, 6.07) is 10.7. The van der Waals surface area contributed by atoms with Crippen molar-refractivity contribution in [3.8, 4) is 0 Å². The highest BCUT2D eigenvalue weighted by Gasteiger charge is 2.17. The van der Waals surface area contributed by atoms with Crippen LogP contribution in [-0.2, 0) is 25.9 Å². The average molecular weight is 323 g/mol. The van der Waals surface area contributed by atoms with Crippen LogP contribution >= 0.6 is 0 Å². The summed E-state index contributed by atoms with van der Waals surface area (Å²) in [6.07, 6.45) is 3.61. The summed E-state index contributed by atoms with van der Waals surface area (Å²) in [5.41, 5.74) is 5.91. The Kier molecular flexibility index (Phi) is 3.84. The maximum atomic E-state index is 5.41. The summed E-state index contributed by atoms with van der Waals surface area (Å²) >= 11 is 0. The standard InChI is InChI=1S/C19H21N3O2/c1-13-8-18(23-20-13)11-22(12-19-9-14(2)21-24-19)17-7-6-15-4-3-5-16(15)10-17/h6-10H,3-5,11-12H2,1-2H3. The van der Waals surface area contributed by atoms with Crippen LogP contribution in [0.5, 0.6) is 0 Å². The molecule has 1 aromatic carbocycles. The Hall–Kier alpha value is -2.56. The van der Waals surface area contributed by atoms with Crippen LogP contribution in [0.1, 0.15) is 40.5 Å². The van der Waals surface area contributed by atoms with E-state index in [0.717, 1.165) is 22.9 Å². The fourth-order valence-electron chi connectivity index (χ4n) is 3.35. The Morgan fingerprint density at radius 1 is 0.875 bits per heavy atom. The first-order valence-corrected chi connectivity index (χ1v) is 8.38. The Morgan fingerprint density at radius 3 is 2.08 bits per heavy atom. The lowest BCUT2D eigenvalue weighted by atomic mass is 10.1. The Morgan fingerprint density at radius 2 is 1.50 bits per heavy atom. The van der Waals surface area contributed by atoms with Crippen molar-refractivity contribution in [1.82, 2.24) is 10.3 Å². The third kappa shape index (κ3) is 3.07. The van der Waals surface area contributed by atoms with Crippen molar-refractivity contribution in [1.29, 1.82) is 0 Å². The molecular weight excluding hydrogens is 302 g/mol. The van der Waals surface area contributed by atoms with Gasteiger partial charge in [-0.3, -0.25) is 0 Å². The molecule has 0 aliphatic heterocycles. The molecule has 0 fully saturated rings. The zero-order valence-electron chi connectivity index (χ0n) is 14.1. The molecular formula is C19H21N3O2. The lowest BCUT2D eigenvalue weighted by Crippen LogP contribution is -2.21. The Bertz CT molecular complexity index is 808. The first-order chi connectivity index (χ1) is 11.7. The maximum absolute atomic E-state index is 5.41. The molecule has 2 aromatic heterocycles. The monoisotopic (exact) mass is 323 g/mol. The second-order valence-electron chi connectivity index (χ2n) is 6.53. The van der Waals surface area contributed by atoms with Crippen molar-refractivity contribution in [3.63, 3.8) is 0 Å². The van der Waals surface area contributed by atoms with E-state index >= 15 is 0 Å². The molecule has 0 spiro atoms. The molecule has 0 unspecified atom stereocenters. The molecule has 5 nitrogen and oxygen atoms in total. The zero-order chi connectivity index (χ0) is 16.5. The minimum atomic E-state index is 0.652. The smallest absolute Gasteiger partial charge is 0.156 e. The molecule has 1 aliphatic rings. The summed E-state index contributed by atoms with van der Waals surface area (Å²) in [7, 11) is 0. The highest BCUT2D eigenvalue weighted by molar-refractivity contribution is 5.52. The molecule has 24 heavy (non-hydrogen) atoms. The van der Waals surface area contributed by atoms with Crippen LogP contribution in [0.15, 0.2) is 39.4 Å². The van der Waals surface area contributed by atoms with Gasteiger partial charge in [-0.25, -0.2) is 0 Å². The molecule has 5 heteroatoms. The average Bonchev–Trinajstić information content (AvgIpc) is 3.28. The lowest BCUT2D eigenvalue weighted by molar-refractivity contribution is 0.362. The fraction of sp³-hybridized carbons (Fsp3) is 0.368. The number of hydrogen-bond acceptors (Lipinski definition) is 5. The molecule has 124 valence electrons. The van der Waals surface area contributed by atoms with E-state index in [1.165, 1.54) is 36.1 Å². The van der Waals surface area contributed by atoms with E-state index in [4.69, 9.17) is 9.05 Å². The van der Waals surface area contributed by atoms with Crippen molar-refractivity contribution in [2.75, 3.05) is 4.90 Å². The Balaban J connectivity index is 1.63. The van der Waals surface area contributed by atoms with Crippen molar-refractivity contribution in [2.45, 2.75) is 46.2 Å². The molecule has 0 radical (unpaired) electrons. The first-order valence-electron chi connectivity index (χ1n) is 8.38. The van der Waals surface area contributed by atoms with Gasteiger partial charge in [-0.15, -0.1) is 0 Å². The van der Waals surface area contributed by atoms with Gasteiger partial charge in [0.05, 0.1) is 24.5 Å². The van der Waals surface area contributed by atoms with Crippen molar-refractivity contribution in [2.24, 2.45) is 0 Å². The quantitative estimate of drug-likeness (QED) is 0.711. The molecule has 0 saturated carbocycles. The van der Waals surface area contributed by atoms with Gasteiger partial charge < -0.3 is 13.9 Å². The third-order valence-electron chi connectivity index (χ3n) is 4.49. The van der Waals surface area contributed by atoms with Crippen LogP contribution in [0.3, 0.4) is 0 Å². The number of nitrogens with zero attached hydrogens (tertiary/aromatic N) is 3. The third-order valence-corrected chi connectivity index (χ3v) is 4.49. The number of hydrogen-bond donors (Lipinski definition) is 0. The van der Waals surface area contributed by atoms with Crippen LogP contribution in [0, 0.1) is 13.8 Å². The summed E-state index contributed by atoms with van der Waals surface area (Å²) in [5, 5.41) is 7.99. The van der Waals surface area contributed by atoms with Crippen LogP contribution in [0.4, 0.5) is 5.69 Å². The van der Waals surface area contributed by atoms with Gasteiger partial charge in [0, 0.05) is 17.8 Å². The van der Waals surface area contributed by atoms with Gasteiger partial charge in [-0.05, 0) is 56.4 Å². The number of anilines is 1. The summed E-state index contributed by atoms with van der Waals surface area (Å²) in [5.74, 6) is 1.70. The molecule has 0 bridgehead atoms. The second-order valence-corrected chi connectivity index (χ2v) is 6.53. The van der Waals surface area contributed by atoms with E-state index in [1.807, 2.05) is 26.0 Å². The van der Waals surface area contributed by atoms with Crippen molar-refractivity contribution < 1.29 is 9.05 Å². The predicted octanol–water partition coefficient (Wildman–Crippen LogP) is 3.97. The van der Waals surface area contributed by atoms with Gasteiger partial charge in [-0.2, -0.15) is 0 Å². The van der Waals surface area contributed by atoms with Gasteiger partial charge in [-0.1, -0.05) is 16.4 Å². The fourth-order valence-corrected chi connectivity index (χ4v) is 3.35. The second kappa shape index (κ2) is 6.15. The van der Waals surface area contributed by atoms with Gasteiger partial charge in [0.15, 0.2) is 11.5 Å². The summed E-state index contributed by atoms with van der Waals surface area (Å²) in [4.78, 5) is 2.25. The number of rotatable bonds is 5. The predicted molar refractivity (Wildman–Crippen MR) is 90.8 cm³/mol. The number of fused-ring (bicyclic) bond motifs is 1. The van der Waals surface area contributed by atoms with E-state index in [0.29, 0.717) is 13.1 Å². The van der Waals surface area contributed by atoms with Crippen molar-refractivity contribution >= 4 is 5.69 Å². The molecule has 0 N–H and O–H groups in total. The maximum Gasteiger partial charge on any atom is 0.156 e. The summed E-state index contributed by atoms with van der Waals surface area (Å²) in [6.45, 7) is 5.18. The first kappa shape index (κ1) is 15.0. The minimum Gasteiger partial charge on any atom is -0.359 e. The van der Waals surface area contributed by atoms with Crippen LogP contribution < -0.4 is 4.90 Å². The number of aryl methyl sites for hydroxylation is 4. The molecule has 2 heterocycles. The molecule has 0 amide bonds. The molecule has 0 saturated heterocycles. The summed E-state index contributed by atoms with van der Waals surface area (Å²) < 4.78 is 10.8. The van der Waals surface area contributed by atoms with Gasteiger partial charge in [0.2, 0.25) is 0 Å². The van der Waals surface area contributed by atoms with E-state index in [9.17, 15) is 0 Å². The highest BCUT2D eigenvalue weighted by atomic mass is 16.5. The van der Waals surface area contributed by atoms with Crippen LogP contribution in [-0.4, -0.2) is 10.3 Å². The molecule has 4 rings (SSSR count). The molecule has 1 aliphatic carbocycles. The van der Waals surface area contributed by atoms with Crippen molar-refractivity contribution in [3.05, 3.63) is 64.4 Å². The SMILES string of the molecule is Cc1cc(CN(Cc2cc(C)no2)c2ccc3c(c2)CCC3)on1. The zero-order valence-corrected chi connectivity index (χ0v) is 14.1. The number of aromatic nitrogens is 2. The lowest BCUT2D eigenvalue weighted by Gasteiger charge is -2.23. The van der Waals surface area contributed by atoms with Gasteiger partial charge >= 0.3 is 0 Å². The van der Waals surface area contributed by atoms with Gasteiger partial charge in [0.1, 0.15) is 0 Å².